The highest BCUT2D eigenvalue weighted by Crippen LogP contribution is 2.43. The molecule has 0 aromatic carbocycles. The van der Waals surface area contributed by atoms with Crippen LogP contribution in [0.2, 0.25) is 0 Å². The van der Waals surface area contributed by atoms with E-state index in [0.717, 1.165) is 64.2 Å². The number of phosphoric acid groups is 1. The van der Waals surface area contributed by atoms with Crippen LogP contribution in [0.1, 0.15) is 168 Å². The zero-order valence-electron chi connectivity index (χ0n) is 36.3. The summed E-state index contributed by atoms with van der Waals surface area (Å²) in [5, 5.41) is 0. The predicted octanol–water partition coefficient (Wildman–Crippen LogP) is 12.5. The summed E-state index contributed by atoms with van der Waals surface area (Å²) in [6.45, 7) is 4.30. The number of carbonyl (C=O) groups excluding carboxylic acids is 2. The van der Waals surface area contributed by atoms with Crippen LogP contribution in [-0.2, 0) is 32.7 Å². The molecule has 0 aliphatic heterocycles. The summed E-state index contributed by atoms with van der Waals surface area (Å²) in [6.07, 6.45) is 45.5. The van der Waals surface area contributed by atoms with Gasteiger partial charge < -0.3 is 18.9 Å². The average Bonchev–Trinajstić information content (AvgIpc) is 3.15. The molecule has 1 N–H and O–H groups in total. The molecule has 0 amide bonds. The van der Waals surface area contributed by atoms with Gasteiger partial charge in [0.1, 0.15) is 19.8 Å². The van der Waals surface area contributed by atoms with Gasteiger partial charge in [0.25, 0.3) is 0 Å². The molecule has 0 rings (SSSR count). The number of carbonyl (C=O) groups is 2. The van der Waals surface area contributed by atoms with Gasteiger partial charge in [0.05, 0.1) is 27.7 Å². The highest BCUT2D eigenvalue weighted by molar-refractivity contribution is 7.47. The third-order valence-corrected chi connectivity index (χ3v) is 10.0. The van der Waals surface area contributed by atoms with E-state index in [1.54, 1.807) is 0 Å². The first-order valence-corrected chi connectivity index (χ1v) is 23.5. The highest BCUT2D eigenvalue weighted by atomic mass is 31.2. The minimum Gasteiger partial charge on any atom is -0.462 e. The van der Waals surface area contributed by atoms with E-state index >= 15 is 0 Å². The van der Waals surface area contributed by atoms with Crippen LogP contribution in [0.5, 0.6) is 0 Å². The van der Waals surface area contributed by atoms with Crippen LogP contribution < -0.4 is 0 Å². The second-order valence-electron chi connectivity index (χ2n) is 15.7. The SMILES string of the molecule is CCCCC/C=C\C/C=C\C/C=C\CCCCC(=O)OC[C@H](COP(=O)(O)OCC[N+](C)(C)C)OC(=O)CCCCCCCCC/C=C\C/C=C\CCCCC. The molecule has 0 aliphatic rings. The molecule has 56 heavy (non-hydrogen) atoms. The van der Waals surface area contributed by atoms with Crippen molar-refractivity contribution in [1.29, 1.82) is 0 Å². The number of allylic oxidation sites excluding steroid dienone is 10. The largest absolute Gasteiger partial charge is 0.472 e. The van der Waals surface area contributed by atoms with Gasteiger partial charge in [-0.15, -0.1) is 0 Å². The van der Waals surface area contributed by atoms with Crippen LogP contribution in [0.15, 0.2) is 60.8 Å². The zero-order chi connectivity index (χ0) is 41.4. The van der Waals surface area contributed by atoms with Gasteiger partial charge in [-0.25, -0.2) is 4.57 Å². The van der Waals surface area contributed by atoms with E-state index in [0.29, 0.717) is 23.9 Å². The lowest BCUT2D eigenvalue weighted by atomic mass is 10.1. The molecule has 0 saturated carbocycles. The molecule has 10 heteroatoms. The standard InChI is InChI=1S/C46H82NO8P/c1-6-8-10-12-14-16-18-20-22-23-25-27-29-31-33-35-37-39-46(49)55-44(43-54-56(50,51)53-41-40-47(3,4)5)42-52-45(48)38-36-34-32-30-28-26-24-21-19-17-15-13-11-9-7-2/h14-17,20-22,24,28,30,44H,6-13,18-19,23,25-27,29,31-43H2,1-5H3/p+1/b16-14-,17-15-,22-20-,24-21-,30-28-/t44-/m1/s1. The van der Waals surface area contributed by atoms with Crippen LogP contribution in [0, 0.1) is 0 Å². The maximum absolute atomic E-state index is 12.7. The molecular formula is C46H83NO8P+. The molecule has 0 aromatic rings. The zero-order valence-corrected chi connectivity index (χ0v) is 37.2. The molecule has 0 aromatic heterocycles. The van der Waals surface area contributed by atoms with Gasteiger partial charge in [0, 0.05) is 12.8 Å². The van der Waals surface area contributed by atoms with Crippen molar-refractivity contribution in [2.75, 3.05) is 47.5 Å². The maximum Gasteiger partial charge on any atom is 0.472 e. The van der Waals surface area contributed by atoms with Gasteiger partial charge in [-0.1, -0.05) is 132 Å². The van der Waals surface area contributed by atoms with Crippen LogP contribution in [0.3, 0.4) is 0 Å². The number of likely N-dealkylation sites (N-methyl/N-ethyl adjacent to an activating group) is 1. The van der Waals surface area contributed by atoms with E-state index < -0.39 is 32.5 Å². The Morgan fingerprint density at radius 2 is 0.964 bits per heavy atom. The fourth-order valence-corrected chi connectivity index (χ4v) is 6.26. The number of nitrogens with zero attached hydrogens (tertiary/aromatic N) is 1. The van der Waals surface area contributed by atoms with Crippen molar-refractivity contribution < 1.29 is 42.1 Å². The minimum atomic E-state index is -4.39. The molecule has 324 valence electrons. The van der Waals surface area contributed by atoms with Crippen LogP contribution in [0.25, 0.3) is 0 Å². The Morgan fingerprint density at radius 1 is 0.554 bits per heavy atom. The molecule has 0 spiro atoms. The Labute approximate surface area is 343 Å². The number of rotatable bonds is 39. The van der Waals surface area contributed by atoms with Crippen molar-refractivity contribution in [2.24, 2.45) is 0 Å². The first-order chi connectivity index (χ1) is 27.0. The Kier molecular flexibility index (Phi) is 36.7. The molecule has 1 unspecified atom stereocenters. The average molecular weight is 809 g/mol. The summed E-state index contributed by atoms with van der Waals surface area (Å²) in [5.41, 5.74) is 0. The number of hydrogen-bond acceptors (Lipinski definition) is 7. The van der Waals surface area contributed by atoms with Crippen LogP contribution in [0.4, 0.5) is 0 Å². The van der Waals surface area contributed by atoms with Crippen LogP contribution >= 0.6 is 7.82 Å². The Balaban J connectivity index is 4.45. The Morgan fingerprint density at radius 3 is 1.46 bits per heavy atom. The van der Waals surface area contributed by atoms with Crippen molar-refractivity contribution in [3.8, 4) is 0 Å². The van der Waals surface area contributed by atoms with E-state index in [1.807, 2.05) is 21.1 Å². The summed E-state index contributed by atoms with van der Waals surface area (Å²) in [7, 11) is 1.44. The lowest BCUT2D eigenvalue weighted by Gasteiger charge is -2.24. The van der Waals surface area contributed by atoms with E-state index in [4.69, 9.17) is 18.5 Å². The quantitative estimate of drug-likeness (QED) is 0.0215. The highest BCUT2D eigenvalue weighted by Gasteiger charge is 2.27. The van der Waals surface area contributed by atoms with E-state index in [2.05, 4.69) is 74.6 Å². The summed E-state index contributed by atoms with van der Waals surface area (Å²) in [6, 6.07) is 0. The number of unbranched alkanes of at least 4 members (excludes halogenated alkanes) is 15. The third kappa shape index (κ3) is 41.3. The van der Waals surface area contributed by atoms with Gasteiger partial charge in [0.15, 0.2) is 6.10 Å². The first-order valence-electron chi connectivity index (χ1n) is 22.0. The topological polar surface area (TPSA) is 108 Å². The lowest BCUT2D eigenvalue weighted by Crippen LogP contribution is -2.37. The summed E-state index contributed by atoms with van der Waals surface area (Å²) in [5.74, 6) is -0.857. The van der Waals surface area contributed by atoms with Gasteiger partial charge in [0.2, 0.25) is 0 Å². The molecule has 9 nitrogen and oxygen atoms in total. The summed E-state index contributed by atoms with van der Waals surface area (Å²) in [4.78, 5) is 35.3. The van der Waals surface area contributed by atoms with Gasteiger partial charge in [-0.05, 0) is 83.5 Å². The molecule has 0 heterocycles. The fraction of sp³-hybridized carbons (Fsp3) is 0.739. The van der Waals surface area contributed by atoms with Crippen molar-refractivity contribution in [3.63, 3.8) is 0 Å². The van der Waals surface area contributed by atoms with E-state index in [9.17, 15) is 19.0 Å². The number of esters is 2. The smallest absolute Gasteiger partial charge is 0.462 e. The molecule has 2 atom stereocenters. The second kappa shape index (κ2) is 38.2. The predicted molar refractivity (Wildman–Crippen MR) is 233 cm³/mol. The lowest BCUT2D eigenvalue weighted by molar-refractivity contribution is -0.870. The molecular weight excluding hydrogens is 725 g/mol. The molecule has 0 fully saturated rings. The van der Waals surface area contributed by atoms with E-state index in [1.165, 1.54) is 64.2 Å². The fourth-order valence-electron chi connectivity index (χ4n) is 5.52. The van der Waals surface area contributed by atoms with Gasteiger partial charge in [-0.2, -0.15) is 0 Å². The summed E-state index contributed by atoms with van der Waals surface area (Å²) < 4.78 is 34.2. The van der Waals surface area contributed by atoms with Crippen molar-refractivity contribution in [2.45, 2.75) is 174 Å². The number of quaternary nitrogens is 1. The summed E-state index contributed by atoms with van der Waals surface area (Å²) >= 11 is 0. The number of phosphoric ester groups is 1. The molecule has 0 radical (unpaired) electrons. The number of hydrogen-bond donors (Lipinski definition) is 1. The second-order valence-corrected chi connectivity index (χ2v) is 17.2. The molecule has 0 bridgehead atoms. The Hall–Kier alpha value is -2.29. The normalized spacial score (nSPS) is 14.2. The monoisotopic (exact) mass is 809 g/mol. The molecule has 0 saturated heterocycles. The number of ether oxygens (including phenoxy) is 2. The van der Waals surface area contributed by atoms with E-state index in [-0.39, 0.29) is 26.1 Å². The van der Waals surface area contributed by atoms with Gasteiger partial charge in [-0.3, -0.25) is 18.6 Å². The first kappa shape index (κ1) is 53.7. The third-order valence-electron chi connectivity index (χ3n) is 9.02. The maximum atomic E-state index is 12.7. The van der Waals surface area contributed by atoms with Crippen molar-refractivity contribution in [1.82, 2.24) is 0 Å². The Bertz CT molecular complexity index is 1140. The van der Waals surface area contributed by atoms with Gasteiger partial charge >= 0.3 is 19.8 Å². The molecule has 0 aliphatic carbocycles. The minimum absolute atomic E-state index is 0.0215. The van der Waals surface area contributed by atoms with Crippen LogP contribution in [-0.4, -0.2) is 74.9 Å². The van der Waals surface area contributed by atoms with Crippen molar-refractivity contribution >= 4 is 19.8 Å². The van der Waals surface area contributed by atoms with Crippen molar-refractivity contribution in [3.05, 3.63) is 60.8 Å².